The first-order chi connectivity index (χ1) is 24.9. The van der Waals surface area contributed by atoms with E-state index in [-0.39, 0.29) is 0 Å². The van der Waals surface area contributed by atoms with E-state index >= 15 is 0 Å². The Morgan fingerprint density at radius 1 is 0.490 bits per heavy atom. The third-order valence-corrected chi connectivity index (χ3v) is 30.6. The zero-order chi connectivity index (χ0) is 34.7. The second kappa shape index (κ2) is 12.8. The van der Waals surface area contributed by atoms with Crippen LogP contribution in [-0.4, -0.2) is 8.07 Å². The maximum absolute atomic E-state index is 3.42. The molecule has 1 heterocycles. The van der Waals surface area contributed by atoms with E-state index < -0.39 is 28.0 Å². The van der Waals surface area contributed by atoms with Crippen molar-refractivity contribution in [2.24, 2.45) is 0 Å². The summed E-state index contributed by atoms with van der Waals surface area (Å²) >= 11 is -3.42. The Kier molecular flexibility index (Phi) is 8.24. The summed E-state index contributed by atoms with van der Waals surface area (Å²) in [6.45, 7) is 5.05. The van der Waals surface area contributed by atoms with Crippen LogP contribution < -0.4 is 10.4 Å². The average Bonchev–Trinajstić information content (AvgIpc) is 3.78. The van der Waals surface area contributed by atoms with Crippen LogP contribution in [0, 0.1) is 0 Å². The molecule has 1 aliphatic heterocycles. The van der Waals surface area contributed by atoms with Crippen molar-refractivity contribution in [1.82, 2.24) is 0 Å². The molecule has 250 valence electrons. The molecule has 0 saturated carbocycles. The Bertz CT molecular complexity index is 2150. The van der Waals surface area contributed by atoms with Crippen LogP contribution in [-0.2, 0) is 20.0 Å². The molecule has 0 radical (unpaired) electrons. The first-order valence-electron chi connectivity index (χ1n) is 18.9. The molecule has 0 N–H and O–H groups in total. The minimum absolute atomic E-state index is 0.310. The van der Waals surface area contributed by atoms with Crippen molar-refractivity contribution >= 4 is 30.6 Å². The molecule has 2 aliphatic carbocycles. The number of hydrogen-bond acceptors (Lipinski definition) is 0. The Morgan fingerprint density at radius 2 is 0.902 bits per heavy atom. The van der Waals surface area contributed by atoms with Crippen molar-refractivity contribution in [3.05, 3.63) is 186 Å². The van der Waals surface area contributed by atoms with E-state index in [0.29, 0.717) is 11.8 Å². The molecule has 0 aromatic heterocycles. The SMILES string of the molecule is CCCC[Si]1(C)c2cccc3c2C=[C](C3c2ccc(-c3ccccc3)cc2)[Hf]([CH3])([CH3])[C]2=Cc3c(cccc31)C2c1ccc(-c2ccccc2)cc1. The van der Waals surface area contributed by atoms with Gasteiger partial charge in [-0.3, -0.25) is 0 Å². The molecular weight excluding hydrogens is 795 g/mol. The summed E-state index contributed by atoms with van der Waals surface area (Å²) in [5, 5.41) is 3.30. The van der Waals surface area contributed by atoms with E-state index in [1.54, 1.807) is 39.3 Å². The number of hydrogen-bond donors (Lipinski definition) is 0. The van der Waals surface area contributed by atoms with Crippen LogP contribution in [0.15, 0.2) is 152 Å². The molecule has 0 fully saturated rings. The zero-order valence-corrected chi connectivity index (χ0v) is 34.9. The van der Waals surface area contributed by atoms with Crippen molar-refractivity contribution < 1.29 is 20.0 Å². The first kappa shape index (κ1) is 32.8. The molecule has 2 atom stereocenters. The van der Waals surface area contributed by atoms with Crippen LogP contribution in [0.4, 0.5) is 0 Å². The summed E-state index contributed by atoms with van der Waals surface area (Å²) in [5.41, 5.74) is 14.2. The van der Waals surface area contributed by atoms with Crippen molar-refractivity contribution in [2.45, 2.75) is 53.6 Å². The van der Waals surface area contributed by atoms with Crippen molar-refractivity contribution in [1.29, 1.82) is 0 Å². The summed E-state index contributed by atoms with van der Waals surface area (Å²) < 4.78 is 8.96. The fourth-order valence-electron chi connectivity index (χ4n) is 9.68. The second-order valence-electron chi connectivity index (χ2n) is 15.7. The zero-order valence-electron chi connectivity index (χ0n) is 30.3. The van der Waals surface area contributed by atoms with Crippen molar-refractivity contribution in [3.63, 3.8) is 0 Å². The molecule has 6 aromatic carbocycles. The standard InChI is InChI=1S/C47H40Si.2CH3.Hf/c1-3-4-33-48(2,46-19-11-17-42-40(29-31-44(42)46)38-25-21-36(22-26-38)34-13-7-5-8-14-34)47-20-12-18-43-41(30-32-45(43)47)39-27-23-37(24-28-39)35-15-9-6-10-16-35;;;/h5-28,31-32,40-41H,3-4,33H2,1-2H3;2*1H3;. The summed E-state index contributed by atoms with van der Waals surface area (Å²) in [4.78, 5) is 0. The Hall–Kier alpha value is -4.11. The second-order valence-corrected chi connectivity index (χ2v) is 35.8. The molecule has 2 unspecified atom stereocenters. The third kappa shape index (κ3) is 5.32. The number of rotatable bonds is 7. The molecule has 0 spiro atoms. The van der Waals surface area contributed by atoms with Gasteiger partial charge < -0.3 is 0 Å². The Balaban J connectivity index is 1.25. The van der Waals surface area contributed by atoms with Crippen LogP contribution in [0.2, 0.25) is 22.0 Å². The predicted octanol–water partition coefficient (Wildman–Crippen LogP) is 12.2. The van der Waals surface area contributed by atoms with Gasteiger partial charge in [-0.25, -0.2) is 0 Å². The molecule has 6 aromatic rings. The molecule has 0 nitrogen and oxygen atoms in total. The van der Waals surface area contributed by atoms with E-state index in [1.807, 2.05) is 0 Å². The molecule has 4 bridgehead atoms. The van der Waals surface area contributed by atoms with Gasteiger partial charge in [-0.15, -0.1) is 0 Å². The number of unbranched alkanes of at least 4 members (excludes halogenated alkanes) is 1. The van der Waals surface area contributed by atoms with Crippen LogP contribution in [0.1, 0.15) is 65.0 Å². The van der Waals surface area contributed by atoms with Crippen molar-refractivity contribution in [2.75, 3.05) is 0 Å². The summed E-state index contributed by atoms with van der Waals surface area (Å²) in [6.07, 6.45) is 8.00. The summed E-state index contributed by atoms with van der Waals surface area (Å²) in [6, 6.07) is 56.9. The van der Waals surface area contributed by atoms with Crippen molar-refractivity contribution in [3.8, 4) is 22.3 Å². The number of allylic oxidation sites excluding steroid dienone is 2. The van der Waals surface area contributed by atoms with E-state index in [1.165, 1.54) is 52.3 Å². The molecule has 9 rings (SSSR count). The molecule has 0 saturated heterocycles. The third-order valence-electron chi connectivity index (χ3n) is 12.5. The van der Waals surface area contributed by atoms with Gasteiger partial charge in [0.25, 0.3) is 0 Å². The quantitative estimate of drug-likeness (QED) is 0.141. The van der Waals surface area contributed by atoms with Crippen LogP contribution in [0.3, 0.4) is 0 Å². The van der Waals surface area contributed by atoms with Crippen LogP contribution >= 0.6 is 0 Å². The van der Waals surface area contributed by atoms with Gasteiger partial charge in [0, 0.05) is 0 Å². The summed E-state index contributed by atoms with van der Waals surface area (Å²) in [7, 11) is -2.12. The minimum atomic E-state index is -3.42. The fraction of sp³-hybridized carbons (Fsp3) is 0.184. The van der Waals surface area contributed by atoms with Gasteiger partial charge in [0.1, 0.15) is 0 Å². The summed E-state index contributed by atoms with van der Waals surface area (Å²) in [5.74, 6) is 0.619. The van der Waals surface area contributed by atoms with Gasteiger partial charge >= 0.3 is 312 Å². The number of benzene rings is 6. The molecular formula is C49H46HfSi. The topological polar surface area (TPSA) is 0 Å². The van der Waals surface area contributed by atoms with Gasteiger partial charge in [-0.2, -0.15) is 0 Å². The monoisotopic (exact) mass is 842 g/mol. The fourth-order valence-corrected chi connectivity index (χ4v) is 26.4. The van der Waals surface area contributed by atoms with Gasteiger partial charge in [0.05, 0.1) is 0 Å². The van der Waals surface area contributed by atoms with Gasteiger partial charge in [-0.1, -0.05) is 0 Å². The maximum atomic E-state index is 2.75. The molecule has 0 amide bonds. The van der Waals surface area contributed by atoms with Crippen LogP contribution in [0.25, 0.3) is 34.4 Å². The van der Waals surface area contributed by atoms with E-state index in [2.05, 4.69) is 181 Å². The molecule has 2 heteroatoms. The van der Waals surface area contributed by atoms with E-state index in [4.69, 9.17) is 0 Å². The Labute approximate surface area is 310 Å². The normalized spacial score (nSPS) is 20.9. The Morgan fingerprint density at radius 3 is 1.31 bits per heavy atom. The van der Waals surface area contributed by atoms with Crippen LogP contribution in [0.5, 0.6) is 0 Å². The average molecular weight is 841 g/mol. The molecule has 3 aliphatic rings. The predicted molar refractivity (Wildman–Crippen MR) is 219 cm³/mol. The van der Waals surface area contributed by atoms with Gasteiger partial charge in [0.2, 0.25) is 0 Å². The van der Waals surface area contributed by atoms with E-state index in [0.717, 1.165) is 0 Å². The molecule has 51 heavy (non-hydrogen) atoms. The van der Waals surface area contributed by atoms with Gasteiger partial charge in [-0.05, 0) is 0 Å². The van der Waals surface area contributed by atoms with Gasteiger partial charge in [0.15, 0.2) is 0 Å². The first-order valence-corrected chi connectivity index (χ1v) is 32.4. The van der Waals surface area contributed by atoms with E-state index in [9.17, 15) is 0 Å².